The summed E-state index contributed by atoms with van der Waals surface area (Å²) in [6.45, 7) is 1.74. The Bertz CT molecular complexity index is 771. The highest BCUT2D eigenvalue weighted by molar-refractivity contribution is 7.98. The summed E-state index contributed by atoms with van der Waals surface area (Å²) in [5.41, 5.74) is 0.731. The van der Waals surface area contributed by atoms with Gasteiger partial charge >= 0.3 is 0 Å². The zero-order chi connectivity index (χ0) is 14.8. The molecular weight excluding hydrogens is 312 g/mol. The van der Waals surface area contributed by atoms with Crippen molar-refractivity contribution in [1.82, 2.24) is 25.1 Å². The van der Waals surface area contributed by atoms with Gasteiger partial charge in [-0.2, -0.15) is 0 Å². The number of benzene rings is 1. The predicted octanol–water partition coefficient (Wildman–Crippen LogP) is 2.30. The minimum atomic E-state index is 0.471. The lowest BCUT2D eigenvalue weighted by Gasteiger charge is -2.04. The summed E-state index contributed by atoms with van der Waals surface area (Å²) in [5.74, 6) is 8.03. The second-order valence-corrected chi connectivity index (χ2v) is 5.51. The van der Waals surface area contributed by atoms with Crippen LogP contribution in [0.5, 0.6) is 0 Å². The molecule has 0 atom stereocenters. The predicted molar refractivity (Wildman–Crippen MR) is 79.2 cm³/mol. The number of aryl methyl sites for hydroxylation is 1. The number of aromatic nitrogens is 5. The second-order valence-electron chi connectivity index (χ2n) is 4.16. The molecule has 0 aliphatic rings. The summed E-state index contributed by atoms with van der Waals surface area (Å²) < 4.78 is 6.69. The van der Waals surface area contributed by atoms with E-state index in [9.17, 15) is 0 Å². The van der Waals surface area contributed by atoms with Gasteiger partial charge in [0.15, 0.2) is 5.82 Å². The number of nitrogens with zero attached hydrogens (tertiary/aromatic N) is 5. The van der Waals surface area contributed by atoms with Crippen LogP contribution in [-0.4, -0.2) is 25.1 Å². The van der Waals surface area contributed by atoms with E-state index in [4.69, 9.17) is 21.9 Å². The quantitative estimate of drug-likeness (QED) is 0.581. The smallest absolute Gasteiger partial charge is 0.226 e. The van der Waals surface area contributed by atoms with Gasteiger partial charge in [0.2, 0.25) is 16.9 Å². The fourth-order valence-electron chi connectivity index (χ4n) is 1.72. The van der Waals surface area contributed by atoms with Crippen molar-refractivity contribution in [2.45, 2.75) is 17.8 Å². The highest BCUT2D eigenvalue weighted by atomic mass is 35.5. The molecule has 0 radical (unpaired) electrons. The van der Waals surface area contributed by atoms with Gasteiger partial charge in [0.1, 0.15) is 0 Å². The molecule has 3 rings (SSSR count). The van der Waals surface area contributed by atoms with Crippen LogP contribution in [0.3, 0.4) is 0 Å². The summed E-state index contributed by atoms with van der Waals surface area (Å²) in [5, 5.41) is 16.9. The van der Waals surface area contributed by atoms with E-state index < -0.39 is 0 Å². The van der Waals surface area contributed by atoms with Crippen molar-refractivity contribution in [3.63, 3.8) is 0 Å². The lowest BCUT2D eigenvalue weighted by Crippen LogP contribution is -2.11. The minimum absolute atomic E-state index is 0.471. The molecule has 1 aromatic carbocycles. The summed E-state index contributed by atoms with van der Waals surface area (Å²) in [4.78, 5) is 0. The van der Waals surface area contributed by atoms with E-state index in [2.05, 4.69) is 20.4 Å². The highest BCUT2D eigenvalue weighted by Gasteiger charge is 2.15. The second kappa shape index (κ2) is 5.74. The number of halogens is 1. The normalized spacial score (nSPS) is 11.0. The van der Waals surface area contributed by atoms with Gasteiger partial charge < -0.3 is 10.3 Å². The fourth-order valence-corrected chi connectivity index (χ4v) is 2.64. The van der Waals surface area contributed by atoms with Crippen LogP contribution < -0.4 is 5.84 Å². The third-order valence-corrected chi connectivity index (χ3v) is 3.93. The van der Waals surface area contributed by atoms with Gasteiger partial charge in [-0.1, -0.05) is 35.5 Å². The van der Waals surface area contributed by atoms with Crippen molar-refractivity contribution < 1.29 is 4.42 Å². The first-order valence-corrected chi connectivity index (χ1v) is 7.38. The van der Waals surface area contributed by atoms with Crippen molar-refractivity contribution in [3.8, 4) is 11.4 Å². The first-order chi connectivity index (χ1) is 10.1. The molecule has 0 spiro atoms. The van der Waals surface area contributed by atoms with E-state index in [1.165, 1.54) is 16.4 Å². The van der Waals surface area contributed by atoms with Crippen molar-refractivity contribution in [1.29, 1.82) is 0 Å². The van der Waals surface area contributed by atoms with Crippen LogP contribution >= 0.6 is 23.4 Å². The van der Waals surface area contributed by atoms with Crippen molar-refractivity contribution in [3.05, 3.63) is 41.1 Å². The van der Waals surface area contributed by atoms with E-state index in [0.29, 0.717) is 33.5 Å². The number of hydrogen-bond donors (Lipinski definition) is 1. The van der Waals surface area contributed by atoms with Gasteiger partial charge in [-0.15, -0.1) is 20.4 Å². The zero-order valence-corrected chi connectivity index (χ0v) is 12.6. The van der Waals surface area contributed by atoms with E-state index >= 15 is 0 Å². The van der Waals surface area contributed by atoms with Gasteiger partial charge in [-0.3, -0.25) is 0 Å². The summed E-state index contributed by atoms with van der Waals surface area (Å²) in [6.07, 6.45) is 0. The van der Waals surface area contributed by atoms with E-state index in [-0.39, 0.29) is 0 Å². The molecule has 0 bridgehead atoms. The van der Waals surface area contributed by atoms with Crippen molar-refractivity contribution in [2.75, 3.05) is 5.84 Å². The largest absolute Gasteiger partial charge is 0.425 e. The van der Waals surface area contributed by atoms with Crippen molar-refractivity contribution >= 4 is 23.4 Å². The molecule has 0 aliphatic carbocycles. The third kappa shape index (κ3) is 2.86. The number of nitrogens with two attached hydrogens (primary N) is 1. The molecular formula is C12H11ClN6OS. The van der Waals surface area contributed by atoms with Gasteiger partial charge in [0.25, 0.3) is 0 Å². The maximum Gasteiger partial charge on any atom is 0.226 e. The molecule has 2 N–H and O–H groups in total. The third-order valence-electron chi connectivity index (χ3n) is 2.67. The zero-order valence-electron chi connectivity index (χ0n) is 11.0. The van der Waals surface area contributed by atoms with Crippen LogP contribution in [0.2, 0.25) is 5.02 Å². The molecule has 0 saturated heterocycles. The Morgan fingerprint density at radius 3 is 2.76 bits per heavy atom. The molecule has 0 fully saturated rings. The number of nitrogen functional groups attached to an aromatic ring is 1. The van der Waals surface area contributed by atoms with Gasteiger partial charge in [-0.25, -0.2) is 4.68 Å². The average molecular weight is 323 g/mol. The Labute approximate surface area is 129 Å². The molecule has 108 valence electrons. The first-order valence-electron chi connectivity index (χ1n) is 6.02. The van der Waals surface area contributed by atoms with Crippen LogP contribution in [0, 0.1) is 6.92 Å². The topological polar surface area (TPSA) is 95.7 Å². The first kappa shape index (κ1) is 13.9. The lowest BCUT2D eigenvalue weighted by atomic mass is 10.2. The Morgan fingerprint density at radius 1 is 1.24 bits per heavy atom. The minimum Gasteiger partial charge on any atom is -0.425 e. The average Bonchev–Trinajstić information content (AvgIpc) is 3.04. The van der Waals surface area contributed by atoms with Crippen LogP contribution in [0.15, 0.2) is 33.8 Å². The number of rotatable bonds is 4. The molecule has 9 heteroatoms. The summed E-state index contributed by atoms with van der Waals surface area (Å²) >= 11 is 7.50. The monoisotopic (exact) mass is 322 g/mol. The van der Waals surface area contributed by atoms with Crippen LogP contribution in [-0.2, 0) is 5.75 Å². The highest BCUT2D eigenvalue weighted by Crippen LogP contribution is 2.28. The molecule has 21 heavy (non-hydrogen) atoms. The van der Waals surface area contributed by atoms with Crippen LogP contribution in [0.25, 0.3) is 11.4 Å². The standard InChI is InChI=1S/C12H11ClN6OS/c1-7-15-16-10(20-7)6-21-12-18-17-11(19(12)14)8-4-2-3-5-9(8)13/h2-5H,6,14H2,1H3. The molecule has 0 unspecified atom stereocenters. The SMILES string of the molecule is Cc1nnc(CSc2nnc(-c3ccccc3Cl)n2N)o1. The maximum atomic E-state index is 6.14. The summed E-state index contributed by atoms with van der Waals surface area (Å²) in [7, 11) is 0. The Kier molecular flexibility index (Phi) is 3.80. The molecule has 2 heterocycles. The van der Waals surface area contributed by atoms with Crippen molar-refractivity contribution in [2.24, 2.45) is 0 Å². The maximum absolute atomic E-state index is 6.14. The van der Waals surface area contributed by atoms with Gasteiger partial charge in [-0.05, 0) is 12.1 Å². The lowest BCUT2D eigenvalue weighted by molar-refractivity contribution is 0.485. The fraction of sp³-hybridized carbons (Fsp3) is 0.167. The number of hydrogen-bond acceptors (Lipinski definition) is 7. The van der Waals surface area contributed by atoms with Crippen LogP contribution in [0.4, 0.5) is 0 Å². The molecule has 3 aromatic rings. The number of thioether (sulfide) groups is 1. The van der Waals surface area contributed by atoms with Gasteiger partial charge in [0.05, 0.1) is 10.8 Å². The molecule has 0 aliphatic heterocycles. The molecule has 7 nitrogen and oxygen atoms in total. The Morgan fingerprint density at radius 2 is 2.05 bits per heavy atom. The van der Waals surface area contributed by atoms with Gasteiger partial charge in [0, 0.05) is 12.5 Å². The molecule has 2 aromatic heterocycles. The van der Waals surface area contributed by atoms with E-state index in [0.717, 1.165) is 5.56 Å². The van der Waals surface area contributed by atoms with E-state index in [1.807, 2.05) is 18.2 Å². The Balaban J connectivity index is 1.81. The van der Waals surface area contributed by atoms with Crippen LogP contribution in [0.1, 0.15) is 11.8 Å². The summed E-state index contributed by atoms with van der Waals surface area (Å²) in [6, 6.07) is 7.33. The van der Waals surface area contributed by atoms with E-state index in [1.54, 1.807) is 13.0 Å². The molecule has 0 amide bonds. The Hall–Kier alpha value is -2.06. The molecule has 0 saturated carbocycles.